The maximum absolute atomic E-state index is 13.3. The number of anilines is 1. The molecule has 32 heavy (non-hydrogen) atoms. The fourth-order valence-corrected chi connectivity index (χ4v) is 4.73. The number of hydrogen-bond acceptors (Lipinski definition) is 3. The molecule has 0 spiro atoms. The normalized spacial score (nSPS) is 16.9. The predicted octanol–water partition coefficient (Wildman–Crippen LogP) is 6.89. The molecule has 0 radical (unpaired) electrons. The molecule has 4 heteroatoms. The fourth-order valence-electron chi connectivity index (χ4n) is 4.73. The monoisotopic (exact) mass is 430 g/mol. The van der Waals surface area contributed by atoms with Crippen molar-refractivity contribution >= 4 is 11.6 Å². The maximum atomic E-state index is 13.3. The van der Waals surface area contributed by atoms with E-state index in [0.29, 0.717) is 12.5 Å². The van der Waals surface area contributed by atoms with Crippen LogP contribution >= 0.6 is 0 Å². The minimum atomic E-state index is 0.0759. The lowest BCUT2D eigenvalue weighted by atomic mass is 9.91. The Balaban J connectivity index is 1.65. The quantitative estimate of drug-likeness (QED) is 0.577. The van der Waals surface area contributed by atoms with Gasteiger partial charge in [-0.05, 0) is 18.4 Å². The van der Waals surface area contributed by atoms with Gasteiger partial charge in [-0.25, -0.2) is 4.98 Å². The largest absolute Gasteiger partial charge is 0.477 e. The van der Waals surface area contributed by atoms with Gasteiger partial charge in [0.25, 0.3) is 0 Å². The van der Waals surface area contributed by atoms with E-state index in [4.69, 9.17) is 4.74 Å². The molecule has 0 saturated heterocycles. The summed E-state index contributed by atoms with van der Waals surface area (Å²) in [5, 5.41) is 3.27. The molecule has 168 valence electrons. The second-order valence-electron chi connectivity index (χ2n) is 8.80. The highest BCUT2D eigenvalue weighted by molar-refractivity contribution is 5.97. The molecular weight excluding hydrogens is 396 g/mol. The average molecular weight is 431 g/mol. The third-order valence-corrected chi connectivity index (χ3v) is 6.47. The van der Waals surface area contributed by atoms with E-state index < -0.39 is 0 Å². The Morgan fingerprint density at radius 2 is 1.44 bits per heavy atom. The van der Waals surface area contributed by atoms with Gasteiger partial charge in [-0.2, -0.15) is 0 Å². The number of fused-ring (bicyclic) bond motifs is 1. The zero-order valence-electron chi connectivity index (χ0n) is 18.9. The van der Waals surface area contributed by atoms with Crippen LogP contribution in [-0.2, 0) is 11.2 Å². The smallest absolute Gasteiger partial charge is 0.227 e. The molecule has 0 unspecified atom stereocenters. The highest BCUT2D eigenvalue weighted by atomic mass is 16.5. The molecule has 1 aromatic carbocycles. The van der Waals surface area contributed by atoms with E-state index >= 15 is 0 Å². The van der Waals surface area contributed by atoms with Crippen molar-refractivity contribution in [3.8, 4) is 17.0 Å². The molecular formula is C28H34N2O2. The first-order valence-electron chi connectivity index (χ1n) is 12.2. The van der Waals surface area contributed by atoms with E-state index in [1.165, 1.54) is 32.1 Å². The molecule has 1 fully saturated rings. The van der Waals surface area contributed by atoms with Crippen LogP contribution in [0.5, 0.6) is 5.88 Å². The molecule has 2 aliphatic rings. The molecule has 0 atom stereocenters. The standard InChI is InChI=1S/C28H34N2O2/c31-27(23-17-13-9-5-2-6-10-14-18-23)30-25-21-29-28-24(19-20-32-28)26(25)22-15-11-7-3-1-4-8-12-16-22/h1,3-4,7-8,11-12,15-16,21,23H,2,5-6,9-10,13-14,17-20H2,(H,30,31). The first kappa shape index (κ1) is 22.3. The van der Waals surface area contributed by atoms with Gasteiger partial charge in [0.05, 0.1) is 18.5 Å². The molecule has 1 saturated carbocycles. The molecule has 1 aliphatic heterocycles. The number of carbonyl (C=O) groups is 1. The number of rotatable bonds is 3. The third kappa shape index (κ3) is 5.87. The minimum Gasteiger partial charge on any atom is -0.477 e. The summed E-state index contributed by atoms with van der Waals surface area (Å²) in [4.78, 5) is 17.9. The molecule has 4 nitrogen and oxygen atoms in total. The van der Waals surface area contributed by atoms with Gasteiger partial charge in [-0.1, -0.05) is 99.5 Å². The Labute approximate surface area is 191 Å². The summed E-state index contributed by atoms with van der Waals surface area (Å²) in [5.74, 6) is 0.893. The number of nitrogens with zero attached hydrogens (tertiary/aromatic N) is 1. The zero-order valence-corrected chi connectivity index (χ0v) is 18.9. The summed E-state index contributed by atoms with van der Waals surface area (Å²) >= 11 is 0. The van der Waals surface area contributed by atoms with Crippen LogP contribution in [0.1, 0.15) is 63.4 Å². The SMILES string of the molecule is O=C(Nc1cnc2c(c1-c1ccccccccc1)CCO2)C1CCCCCCCCC1. The highest BCUT2D eigenvalue weighted by Gasteiger charge is 2.25. The van der Waals surface area contributed by atoms with Crippen molar-refractivity contribution < 1.29 is 9.53 Å². The predicted molar refractivity (Wildman–Crippen MR) is 130 cm³/mol. The summed E-state index contributed by atoms with van der Waals surface area (Å²) in [6, 6.07) is 18.3. The van der Waals surface area contributed by atoms with Crippen LogP contribution in [0.15, 0.2) is 60.8 Å². The zero-order chi connectivity index (χ0) is 22.0. The number of aromatic nitrogens is 1. The van der Waals surface area contributed by atoms with Gasteiger partial charge in [-0.15, -0.1) is 0 Å². The van der Waals surface area contributed by atoms with Crippen LogP contribution < -0.4 is 10.1 Å². The van der Waals surface area contributed by atoms with Crippen molar-refractivity contribution in [2.24, 2.45) is 5.92 Å². The lowest BCUT2D eigenvalue weighted by Gasteiger charge is -2.20. The number of amides is 1. The summed E-state index contributed by atoms with van der Waals surface area (Å²) < 4.78 is 5.74. The van der Waals surface area contributed by atoms with E-state index in [1.807, 2.05) is 42.5 Å². The maximum Gasteiger partial charge on any atom is 0.227 e. The molecule has 0 bridgehead atoms. The first-order chi connectivity index (χ1) is 15.8. The van der Waals surface area contributed by atoms with Crippen LogP contribution in [0.2, 0.25) is 0 Å². The number of pyridine rings is 1. The number of ether oxygens (including phenoxy) is 1. The molecule has 1 aromatic heterocycles. The Morgan fingerprint density at radius 1 is 0.844 bits per heavy atom. The van der Waals surface area contributed by atoms with Crippen LogP contribution in [0.25, 0.3) is 11.1 Å². The van der Waals surface area contributed by atoms with E-state index in [0.717, 1.165) is 54.5 Å². The topological polar surface area (TPSA) is 51.2 Å². The number of hydrogen-bond donors (Lipinski definition) is 1. The first-order valence-corrected chi connectivity index (χ1v) is 12.2. The lowest BCUT2D eigenvalue weighted by Crippen LogP contribution is -2.24. The van der Waals surface area contributed by atoms with Gasteiger partial charge in [0.15, 0.2) is 0 Å². The second-order valence-corrected chi connectivity index (χ2v) is 8.80. The highest BCUT2D eigenvalue weighted by Crippen LogP contribution is 2.38. The Morgan fingerprint density at radius 3 is 2.09 bits per heavy atom. The average Bonchev–Trinajstić information content (AvgIpc) is 3.29. The van der Waals surface area contributed by atoms with Crippen molar-refractivity contribution in [3.63, 3.8) is 0 Å². The van der Waals surface area contributed by atoms with Gasteiger partial charge < -0.3 is 10.1 Å². The van der Waals surface area contributed by atoms with E-state index in [2.05, 4.69) is 22.4 Å². The minimum absolute atomic E-state index is 0.0759. The molecule has 2 heterocycles. The van der Waals surface area contributed by atoms with Crippen LogP contribution in [0.4, 0.5) is 5.69 Å². The summed E-state index contributed by atoms with van der Waals surface area (Å²) in [7, 11) is 0. The lowest BCUT2D eigenvalue weighted by molar-refractivity contribution is -0.120. The Kier molecular flexibility index (Phi) is 8.13. The van der Waals surface area contributed by atoms with Crippen molar-refractivity contribution in [2.75, 3.05) is 11.9 Å². The third-order valence-electron chi connectivity index (χ3n) is 6.47. The van der Waals surface area contributed by atoms with Gasteiger partial charge in [0.2, 0.25) is 11.8 Å². The molecule has 1 N–H and O–H groups in total. The molecule has 4 rings (SSSR count). The van der Waals surface area contributed by atoms with E-state index in [1.54, 1.807) is 6.20 Å². The van der Waals surface area contributed by atoms with Gasteiger partial charge in [0.1, 0.15) is 0 Å². The number of nitrogens with one attached hydrogen (secondary N) is 1. The van der Waals surface area contributed by atoms with Crippen LogP contribution in [0.3, 0.4) is 0 Å². The number of carbonyl (C=O) groups excluding carboxylic acids is 1. The van der Waals surface area contributed by atoms with Crippen molar-refractivity contribution in [1.82, 2.24) is 4.98 Å². The Hall–Kier alpha value is -2.88. The fraction of sp³-hybridized carbons (Fsp3) is 0.429. The van der Waals surface area contributed by atoms with Gasteiger partial charge >= 0.3 is 0 Å². The van der Waals surface area contributed by atoms with Crippen molar-refractivity contribution in [3.05, 3.63) is 66.4 Å². The summed E-state index contributed by atoms with van der Waals surface area (Å²) in [6.07, 6.45) is 13.2. The van der Waals surface area contributed by atoms with Crippen LogP contribution in [-0.4, -0.2) is 17.5 Å². The second kappa shape index (κ2) is 11.7. The molecule has 1 aliphatic carbocycles. The summed E-state index contributed by atoms with van der Waals surface area (Å²) in [6.45, 7) is 0.630. The summed E-state index contributed by atoms with van der Waals surface area (Å²) in [5.41, 5.74) is 3.94. The van der Waals surface area contributed by atoms with E-state index in [9.17, 15) is 4.79 Å². The van der Waals surface area contributed by atoms with Gasteiger partial charge in [0, 0.05) is 23.5 Å². The molecule has 1 amide bonds. The van der Waals surface area contributed by atoms with Crippen molar-refractivity contribution in [1.29, 1.82) is 0 Å². The Bertz CT molecular complexity index is 936. The van der Waals surface area contributed by atoms with Crippen LogP contribution in [0, 0.1) is 5.92 Å². The van der Waals surface area contributed by atoms with Crippen molar-refractivity contribution in [2.45, 2.75) is 64.2 Å². The molecule has 2 aromatic rings. The van der Waals surface area contributed by atoms with E-state index in [-0.39, 0.29) is 11.8 Å². The van der Waals surface area contributed by atoms with Gasteiger partial charge in [-0.3, -0.25) is 4.79 Å².